The lowest BCUT2D eigenvalue weighted by Crippen LogP contribution is -2.47. The van der Waals surface area contributed by atoms with E-state index in [2.05, 4.69) is 5.16 Å². The summed E-state index contributed by atoms with van der Waals surface area (Å²) in [5, 5.41) is 29.9. The SMILES string of the molecule is CC(=NO)c1ccc(CCC(N)(CO)CO)cc1. The van der Waals surface area contributed by atoms with Gasteiger partial charge in [0.1, 0.15) is 0 Å². The summed E-state index contributed by atoms with van der Waals surface area (Å²) in [6.07, 6.45) is 1.18. The summed E-state index contributed by atoms with van der Waals surface area (Å²) in [7, 11) is 0. The first kappa shape index (κ1) is 14.6. The fraction of sp³-hybridized carbons (Fsp3) is 0.462. The topological polar surface area (TPSA) is 99.1 Å². The molecule has 0 amide bonds. The van der Waals surface area contributed by atoms with E-state index in [0.717, 1.165) is 11.1 Å². The van der Waals surface area contributed by atoms with E-state index in [9.17, 15) is 0 Å². The van der Waals surface area contributed by atoms with Gasteiger partial charge in [-0.15, -0.1) is 0 Å². The lowest BCUT2D eigenvalue weighted by Gasteiger charge is -2.24. The first-order valence-electron chi connectivity index (χ1n) is 5.83. The predicted molar refractivity (Wildman–Crippen MR) is 69.9 cm³/mol. The van der Waals surface area contributed by atoms with E-state index in [1.54, 1.807) is 6.92 Å². The first-order valence-corrected chi connectivity index (χ1v) is 5.83. The highest BCUT2D eigenvalue weighted by molar-refractivity contribution is 5.98. The van der Waals surface area contributed by atoms with E-state index in [0.29, 0.717) is 18.6 Å². The normalized spacial score (nSPS) is 12.8. The molecule has 0 radical (unpaired) electrons. The minimum atomic E-state index is -0.929. The summed E-state index contributed by atoms with van der Waals surface area (Å²) in [5.41, 5.74) is 7.33. The molecule has 0 saturated heterocycles. The number of nitrogens with zero attached hydrogens (tertiary/aromatic N) is 1. The second-order valence-electron chi connectivity index (χ2n) is 4.56. The molecule has 5 nitrogen and oxygen atoms in total. The van der Waals surface area contributed by atoms with Crippen molar-refractivity contribution in [1.29, 1.82) is 0 Å². The third kappa shape index (κ3) is 3.80. The van der Waals surface area contributed by atoms with Crippen LogP contribution in [0.25, 0.3) is 0 Å². The van der Waals surface area contributed by atoms with E-state index < -0.39 is 5.54 Å². The molecule has 0 aliphatic heterocycles. The van der Waals surface area contributed by atoms with Gasteiger partial charge in [-0.25, -0.2) is 0 Å². The molecule has 1 aromatic rings. The Morgan fingerprint density at radius 3 is 2.22 bits per heavy atom. The van der Waals surface area contributed by atoms with Crippen LogP contribution in [0.4, 0.5) is 0 Å². The van der Waals surface area contributed by atoms with E-state index >= 15 is 0 Å². The van der Waals surface area contributed by atoms with E-state index in [-0.39, 0.29) is 13.2 Å². The lowest BCUT2D eigenvalue weighted by molar-refractivity contribution is 0.115. The molecular formula is C13H20N2O3. The highest BCUT2D eigenvalue weighted by atomic mass is 16.4. The van der Waals surface area contributed by atoms with Crippen molar-refractivity contribution in [3.63, 3.8) is 0 Å². The minimum Gasteiger partial charge on any atom is -0.411 e. The molecule has 0 heterocycles. The van der Waals surface area contributed by atoms with Gasteiger partial charge in [0.2, 0.25) is 0 Å². The van der Waals surface area contributed by atoms with Crippen LogP contribution in [0.1, 0.15) is 24.5 Å². The van der Waals surface area contributed by atoms with Gasteiger partial charge < -0.3 is 21.2 Å². The minimum absolute atomic E-state index is 0.238. The summed E-state index contributed by atoms with van der Waals surface area (Å²) in [6.45, 7) is 1.24. The average Bonchev–Trinajstić information content (AvgIpc) is 2.44. The van der Waals surface area contributed by atoms with Crippen molar-refractivity contribution in [3.05, 3.63) is 35.4 Å². The Morgan fingerprint density at radius 1 is 1.22 bits per heavy atom. The fourth-order valence-corrected chi connectivity index (χ4v) is 1.57. The molecule has 0 aliphatic carbocycles. The molecule has 0 fully saturated rings. The summed E-state index contributed by atoms with van der Waals surface area (Å²) in [5.74, 6) is 0. The zero-order valence-electron chi connectivity index (χ0n) is 10.5. The number of aliphatic hydroxyl groups is 2. The smallest absolute Gasteiger partial charge is 0.0836 e. The standard InChI is InChI=1S/C13H20N2O3/c1-10(15-18)12-4-2-11(3-5-12)6-7-13(14,8-16)9-17/h2-5,16-18H,6-9,14H2,1H3. The van der Waals surface area contributed by atoms with Crippen LogP contribution >= 0.6 is 0 Å². The van der Waals surface area contributed by atoms with Gasteiger partial charge in [0.15, 0.2) is 0 Å². The van der Waals surface area contributed by atoms with Crippen molar-refractivity contribution in [1.82, 2.24) is 0 Å². The fourth-order valence-electron chi connectivity index (χ4n) is 1.57. The third-order valence-corrected chi connectivity index (χ3v) is 3.06. The summed E-state index contributed by atoms with van der Waals surface area (Å²) in [6, 6.07) is 7.55. The lowest BCUT2D eigenvalue weighted by atomic mass is 9.93. The van der Waals surface area contributed by atoms with Crippen molar-refractivity contribution >= 4 is 5.71 Å². The van der Waals surface area contributed by atoms with Crippen LogP contribution in [0, 0.1) is 0 Å². The van der Waals surface area contributed by atoms with Gasteiger partial charge in [-0.05, 0) is 30.9 Å². The molecular weight excluding hydrogens is 232 g/mol. The Kier molecular flexibility index (Phi) is 5.27. The highest BCUT2D eigenvalue weighted by Crippen LogP contribution is 2.13. The molecule has 0 unspecified atom stereocenters. The number of aliphatic hydroxyl groups excluding tert-OH is 2. The van der Waals surface area contributed by atoms with Crippen LogP contribution in [-0.2, 0) is 6.42 Å². The highest BCUT2D eigenvalue weighted by Gasteiger charge is 2.22. The van der Waals surface area contributed by atoms with Crippen LogP contribution in [0.15, 0.2) is 29.4 Å². The van der Waals surface area contributed by atoms with Crippen LogP contribution in [0.3, 0.4) is 0 Å². The maximum Gasteiger partial charge on any atom is 0.0836 e. The Labute approximate surface area is 107 Å². The number of benzene rings is 1. The van der Waals surface area contributed by atoms with Gasteiger partial charge in [-0.1, -0.05) is 29.4 Å². The second kappa shape index (κ2) is 6.49. The van der Waals surface area contributed by atoms with E-state index in [1.807, 2.05) is 24.3 Å². The number of hydrogen-bond acceptors (Lipinski definition) is 5. The number of oxime groups is 1. The largest absolute Gasteiger partial charge is 0.411 e. The van der Waals surface area contributed by atoms with Gasteiger partial charge in [0.25, 0.3) is 0 Å². The quantitative estimate of drug-likeness (QED) is 0.336. The maximum absolute atomic E-state index is 9.08. The number of nitrogens with two attached hydrogens (primary N) is 1. The molecule has 0 aliphatic rings. The van der Waals surface area contributed by atoms with Crippen molar-refractivity contribution in [2.75, 3.05) is 13.2 Å². The molecule has 5 heteroatoms. The van der Waals surface area contributed by atoms with Crippen molar-refractivity contribution in [2.45, 2.75) is 25.3 Å². The maximum atomic E-state index is 9.08. The summed E-state index contributed by atoms with van der Waals surface area (Å²) < 4.78 is 0. The van der Waals surface area contributed by atoms with Gasteiger partial charge in [-0.3, -0.25) is 0 Å². The molecule has 5 N–H and O–H groups in total. The Bertz CT molecular complexity index is 397. The molecule has 0 atom stereocenters. The third-order valence-electron chi connectivity index (χ3n) is 3.06. The van der Waals surface area contributed by atoms with Gasteiger partial charge in [0.05, 0.1) is 24.5 Å². The molecule has 0 aromatic heterocycles. The zero-order valence-corrected chi connectivity index (χ0v) is 10.5. The molecule has 0 saturated carbocycles. The van der Waals surface area contributed by atoms with Crippen LogP contribution in [-0.4, -0.2) is 39.9 Å². The van der Waals surface area contributed by atoms with Crippen LogP contribution < -0.4 is 5.73 Å². The first-order chi connectivity index (χ1) is 8.54. The van der Waals surface area contributed by atoms with Gasteiger partial charge >= 0.3 is 0 Å². The van der Waals surface area contributed by atoms with E-state index in [4.69, 9.17) is 21.2 Å². The zero-order chi connectivity index (χ0) is 13.6. The van der Waals surface area contributed by atoms with Crippen molar-refractivity contribution in [3.8, 4) is 0 Å². The van der Waals surface area contributed by atoms with E-state index in [1.165, 1.54) is 0 Å². The molecule has 1 rings (SSSR count). The number of rotatable bonds is 6. The molecule has 1 aromatic carbocycles. The predicted octanol–water partition coefficient (Wildman–Crippen LogP) is 0.499. The Hall–Kier alpha value is -1.43. The van der Waals surface area contributed by atoms with Crippen LogP contribution in [0.2, 0.25) is 0 Å². The Morgan fingerprint density at radius 2 is 1.78 bits per heavy atom. The average molecular weight is 252 g/mol. The monoisotopic (exact) mass is 252 g/mol. The van der Waals surface area contributed by atoms with Crippen molar-refractivity contribution < 1.29 is 15.4 Å². The molecule has 18 heavy (non-hydrogen) atoms. The molecule has 0 spiro atoms. The number of aryl methyl sites for hydroxylation is 1. The number of hydrogen-bond donors (Lipinski definition) is 4. The summed E-state index contributed by atoms with van der Waals surface area (Å²) in [4.78, 5) is 0. The van der Waals surface area contributed by atoms with Gasteiger partial charge in [-0.2, -0.15) is 0 Å². The van der Waals surface area contributed by atoms with Gasteiger partial charge in [0, 0.05) is 0 Å². The van der Waals surface area contributed by atoms with Crippen molar-refractivity contribution in [2.24, 2.45) is 10.9 Å². The molecule has 100 valence electrons. The second-order valence-corrected chi connectivity index (χ2v) is 4.56. The Balaban J connectivity index is 2.65. The summed E-state index contributed by atoms with van der Waals surface area (Å²) >= 11 is 0. The van der Waals surface area contributed by atoms with Crippen LogP contribution in [0.5, 0.6) is 0 Å². The molecule has 0 bridgehead atoms.